The van der Waals surface area contributed by atoms with E-state index in [1.807, 2.05) is 6.92 Å². The molecule has 0 bridgehead atoms. The third-order valence-electron chi connectivity index (χ3n) is 4.33. The lowest BCUT2D eigenvalue weighted by molar-refractivity contribution is -0.118. The Hall–Kier alpha value is -2.09. The molecule has 0 saturated heterocycles. The molecule has 2 aromatic carbocycles. The van der Waals surface area contributed by atoms with Crippen molar-refractivity contribution in [3.63, 3.8) is 0 Å². The summed E-state index contributed by atoms with van der Waals surface area (Å²) >= 11 is 5.98. The van der Waals surface area contributed by atoms with E-state index in [1.165, 1.54) is 10.4 Å². The Kier molecular flexibility index (Phi) is 7.46. The molecule has 0 aliphatic carbocycles. The molecule has 0 aliphatic rings. The predicted octanol–water partition coefficient (Wildman–Crippen LogP) is 4.00. The molecule has 0 aliphatic heterocycles. The zero-order valence-electron chi connectivity index (χ0n) is 16.5. The number of halogens is 1. The SMILES string of the molecule is CCN(CC)S(=O)(=O)c1ccc(C)c(NC(=O)COc2ccc(Cl)c(C)c2)c1. The van der Waals surface area contributed by atoms with Gasteiger partial charge < -0.3 is 10.1 Å². The van der Waals surface area contributed by atoms with Gasteiger partial charge in [0.15, 0.2) is 6.61 Å². The molecule has 0 heterocycles. The Morgan fingerprint density at radius 3 is 2.36 bits per heavy atom. The topological polar surface area (TPSA) is 75.7 Å². The van der Waals surface area contributed by atoms with Gasteiger partial charge in [0, 0.05) is 23.8 Å². The smallest absolute Gasteiger partial charge is 0.262 e. The molecule has 2 aromatic rings. The number of anilines is 1. The summed E-state index contributed by atoms with van der Waals surface area (Å²) in [6.07, 6.45) is 0. The van der Waals surface area contributed by atoms with Gasteiger partial charge in [0.05, 0.1) is 4.90 Å². The van der Waals surface area contributed by atoms with Gasteiger partial charge in [-0.25, -0.2) is 8.42 Å². The minimum atomic E-state index is -3.60. The normalized spacial score (nSPS) is 11.5. The maximum absolute atomic E-state index is 12.7. The molecule has 8 heteroatoms. The van der Waals surface area contributed by atoms with Gasteiger partial charge in [0.2, 0.25) is 10.0 Å². The second-order valence-corrected chi connectivity index (χ2v) is 8.66. The molecule has 6 nitrogen and oxygen atoms in total. The fourth-order valence-corrected chi connectivity index (χ4v) is 4.25. The van der Waals surface area contributed by atoms with Gasteiger partial charge in [-0.2, -0.15) is 4.31 Å². The molecule has 0 atom stereocenters. The number of sulfonamides is 1. The summed E-state index contributed by atoms with van der Waals surface area (Å²) < 4.78 is 32.2. The Bertz CT molecular complexity index is 957. The maximum Gasteiger partial charge on any atom is 0.262 e. The molecule has 1 N–H and O–H groups in total. The van der Waals surface area contributed by atoms with Crippen LogP contribution in [0.1, 0.15) is 25.0 Å². The largest absolute Gasteiger partial charge is 0.484 e. The number of hydrogen-bond donors (Lipinski definition) is 1. The van der Waals surface area contributed by atoms with E-state index in [9.17, 15) is 13.2 Å². The van der Waals surface area contributed by atoms with Crippen molar-refractivity contribution in [3.8, 4) is 5.75 Å². The van der Waals surface area contributed by atoms with Crippen LogP contribution in [-0.4, -0.2) is 38.3 Å². The van der Waals surface area contributed by atoms with Gasteiger partial charge >= 0.3 is 0 Å². The molecule has 0 unspecified atom stereocenters. The third-order valence-corrected chi connectivity index (χ3v) is 6.80. The van der Waals surface area contributed by atoms with E-state index in [-0.39, 0.29) is 17.4 Å². The number of amides is 1. The van der Waals surface area contributed by atoms with E-state index in [4.69, 9.17) is 16.3 Å². The van der Waals surface area contributed by atoms with E-state index in [1.54, 1.807) is 51.1 Å². The van der Waals surface area contributed by atoms with Crippen molar-refractivity contribution in [2.45, 2.75) is 32.6 Å². The highest BCUT2D eigenvalue weighted by atomic mass is 35.5. The van der Waals surface area contributed by atoms with Crippen LogP contribution in [0.4, 0.5) is 5.69 Å². The van der Waals surface area contributed by atoms with Gasteiger partial charge in [-0.1, -0.05) is 31.5 Å². The van der Waals surface area contributed by atoms with Crippen LogP contribution in [0.15, 0.2) is 41.3 Å². The molecule has 28 heavy (non-hydrogen) atoms. The van der Waals surface area contributed by atoms with Crippen LogP contribution < -0.4 is 10.1 Å². The average molecular weight is 425 g/mol. The highest BCUT2D eigenvalue weighted by molar-refractivity contribution is 7.89. The predicted molar refractivity (Wildman–Crippen MR) is 112 cm³/mol. The summed E-state index contributed by atoms with van der Waals surface area (Å²) in [6.45, 7) is 7.77. The second kappa shape index (κ2) is 9.41. The Morgan fingerprint density at radius 2 is 1.75 bits per heavy atom. The molecule has 0 aromatic heterocycles. The van der Waals surface area contributed by atoms with Crippen LogP contribution in [-0.2, 0) is 14.8 Å². The van der Waals surface area contributed by atoms with Gasteiger partial charge in [0.1, 0.15) is 5.75 Å². The number of ether oxygens (including phenoxy) is 1. The number of rotatable bonds is 8. The van der Waals surface area contributed by atoms with Crippen molar-refractivity contribution in [2.75, 3.05) is 25.0 Å². The van der Waals surface area contributed by atoms with Crippen LogP contribution in [0, 0.1) is 13.8 Å². The minimum Gasteiger partial charge on any atom is -0.484 e. The first-order valence-corrected chi connectivity index (χ1v) is 10.8. The Balaban J connectivity index is 2.12. The molecule has 0 saturated carbocycles. The third kappa shape index (κ3) is 5.25. The summed E-state index contributed by atoms with van der Waals surface area (Å²) in [6, 6.07) is 9.84. The molecule has 0 fully saturated rings. The minimum absolute atomic E-state index is 0.145. The second-order valence-electron chi connectivity index (χ2n) is 6.31. The van der Waals surface area contributed by atoms with Crippen molar-refractivity contribution in [1.82, 2.24) is 4.31 Å². The quantitative estimate of drug-likeness (QED) is 0.694. The number of hydrogen-bond acceptors (Lipinski definition) is 4. The Labute approximate surface area is 171 Å². The molecule has 152 valence electrons. The number of benzene rings is 2. The van der Waals surface area contributed by atoms with E-state index in [0.717, 1.165) is 11.1 Å². The first-order valence-electron chi connectivity index (χ1n) is 8.98. The Morgan fingerprint density at radius 1 is 1.07 bits per heavy atom. The van der Waals surface area contributed by atoms with Gasteiger partial charge in [0.25, 0.3) is 5.91 Å². The molecule has 1 amide bonds. The highest BCUT2D eigenvalue weighted by Gasteiger charge is 2.22. The average Bonchev–Trinajstić information content (AvgIpc) is 2.65. The van der Waals surface area contributed by atoms with Crippen molar-refractivity contribution < 1.29 is 17.9 Å². The number of carbonyl (C=O) groups excluding carboxylic acids is 1. The lowest BCUT2D eigenvalue weighted by Gasteiger charge is -2.19. The molecular weight excluding hydrogens is 400 g/mol. The number of nitrogens with one attached hydrogen (secondary N) is 1. The number of nitrogens with zero attached hydrogens (tertiary/aromatic N) is 1. The van der Waals surface area contributed by atoms with Crippen LogP contribution in [0.2, 0.25) is 5.02 Å². The van der Waals surface area contributed by atoms with E-state index >= 15 is 0 Å². The number of aryl methyl sites for hydroxylation is 2. The van der Waals surface area contributed by atoms with Crippen molar-refractivity contribution >= 4 is 33.2 Å². The van der Waals surface area contributed by atoms with Crippen LogP contribution in [0.3, 0.4) is 0 Å². The summed E-state index contributed by atoms with van der Waals surface area (Å²) in [5, 5.41) is 3.34. The lowest BCUT2D eigenvalue weighted by Crippen LogP contribution is -2.30. The van der Waals surface area contributed by atoms with Crippen LogP contribution in [0.25, 0.3) is 0 Å². The highest BCUT2D eigenvalue weighted by Crippen LogP contribution is 2.24. The van der Waals surface area contributed by atoms with Crippen molar-refractivity contribution in [1.29, 1.82) is 0 Å². The molecule has 2 rings (SSSR count). The number of carbonyl (C=O) groups is 1. The standard InChI is InChI=1S/C20H25ClN2O4S/c1-5-23(6-2)28(25,26)17-9-7-14(3)19(12-17)22-20(24)13-27-16-8-10-18(21)15(4)11-16/h7-12H,5-6,13H2,1-4H3,(H,22,24). The van der Waals surface area contributed by atoms with Gasteiger partial charge in [-0.15, -0.1) is 0 Å². The zero-order valence-corrected chi connectivity index (χ0v) is 18.0. The fraction of sp³-hybridized carbons (Fsp3) is 0.350. The van der Waals surface area contributed by atoms with Gasteiger partial charge in [-0.05, 0) is 55.3 Å². The van der Waals surface area contributed by atoms with Crippen LogP contribution >= 0.6 is 11.6 Å². The van der Waals surface area contributed by atoms with E-state index in [0.29, 0.717) is 29.5 Å². The summed E-state index contributed by atoms with van der Waals surface area (Å²) in [7, 11) is -3.60. The molecule has 0 spiro atoms. The summed E-state index contributed by atoms with van der Waals surface area (Å²) in [5.41, 5.74) is 2.05. The van der Waals surface area contributed by atoms with Crippen molar-refractivity contribution in [3.05, 3.63) is 52.5 Å². The van der Waals surface area contributed by atoms with Crippen LogP contribution in [0.5, 0.6) is 5.75 Å². The first kappa shape index (κ1) is 22.2. The van der Waals surface area contributed by atoms with E-state index in [2.05, 4.69) is 5.32 Å². The van der Waals surface area contributed by atoms with Gasteiger partial charge in [-0.3, -0.25) is 4.79 Å². The molecular formula is C20H25ClN2O4S. The molecule has 0 radical (unpaired) electrons. The van der Waals surface area contributed by atoms with E-state index < -0.39 is 10.0 Å². The summed E-state index contributed by atoms with van der Waals surface area (Å²) in [4.78, 5) is 12.4. The maximum atomic E-state index is 12.7. The van der Waals surface area contributed by atoms with Crippen molar-refractivity contribution in [2.24, 2.45) is 0 Å². The monoisotopic (exact) mass is 424 g/mol. The lowest BCUT2D eigenvalue weighted by atomic mass is 10.2. The zero-order chi connectivity index (χ0) is 20.9. The first-order chi connectivity index (χ1) is 13.2. The summed E-state index contributed by atoms with van der Waals surface area (Å²) in [5.74, 6) is 0.153. The fourth-order valence-electron chi connectivity index (χ4n) is 2.65.